The van der Waals surface area contributed by atoms with Crippen LogP contribution in [0.15, 0.2) is 52.9 Å². The maximum atomic E-state index is 13.1. The van der Waals surface area contributed by atoms with Gasteiger partial charge in [-0.2, -0.15) is 0 Å². The minimum atomic E-state index is -0.306. The number of aromatic nitrogens is 2. The van der Waals surface area contributed by atoms with E-state index in [0.29, 0.717) is 31.2 Å². The van der Waals surface area contributed by atoms with E-state index >= 15 is 0 Å². The van der Waals surface area contributed by atoms with Gasteiger partial charge in [0.15, 0.2) is 14.1 Å². The standard InChI is InChI=1S/C20H19FN2OS3/c1-3-13(2)14-4-6-15(7-5-14)18(24)12-26-19-22-23(20(25)27-19)17-10-8-16(21)9-11-17/h4-11,13H,3,12H2,1-2H3/t13-/m1/s1. The van der Waals surface area contributed by atoms with Crippen LogP contribution in [-0.2, 0) is 0 Å². The zero-order valence-corrected chi connectivity index (χ0v) is 17.5. The highest BCUT2D eigenvalue weighted by Gasteiger charge is 2.12. The summed E-state index contributed by atoms with van der Waals surface area (Å²) in [5, 5.41) is 4.44. The molecule has 3 rings (SSSR count). The Kier molecular flexibility index (Phi) is 6.57. The Balaban J connectivity index is 1.66. The van der Waals surface area contributed by atoms with Crippen LogP contribution >= 0.6 is 35.3 Å². The molecule has 2 aromatic carbocycles. The van der Waals surface area contributed by atoms with E-state index in [1.165, 1.54) is 40.8 Å². The first-order valence-corrected chi connectivity index (χ1v) is 10.8. The van der Waals surface area contributed by atoms with Crippen molar-refractivity contribution in [1.29, 1.82) is 0 Å². The van der Waals surface area contributed by atoms with E-state index in [2.05, 4.69) is 18.9 Å². The lowest BCUT2D eigenvalue weighted by molar-refractivity contribution is 0.102. The summed E-state index contributed by atoms with van der Waals surface area (Å²) in [5.41, 5.74) is 2.66. The second kappa shape index (κ2) is 8.91. The summed E-state index contributed by atoms with van der Waals surface area (Å²) < 4.78 is 15.9. The van der Waals surface area contributed by atoms with E-state index in [9.17, 15) is 9.18 Å². The number of carbonyl (C=O) groups excluding carboxylic acids is 1. The molecule has 140 valence electrons. The number of thioether (sulfide) groups is 1. The Morgan fingerprint density at radius 2 is 1.89 bits per heavy atom. The molecule has 0 aliphatic rings. The maximum Gasteiger partial charge on any atom is 0.184 e. The van der Waals surface area contributed by atoms with E-state index < -0.39 is 0 Å². The van der Waals surface area contributed by atoms with Gasteiger partial charge in [-0.05, 0) is 54.4 Å². The molecule has 0 aliphatic carbocycles. The van der Waals surface area contributed by atoms with Crippen LogP contribution in [-0.4, -0.2) is 21.3 Å². The molecule has 7 heteroatoms. The lowest BCUT2D eigenvalue weighted by atomic mass is 9.97. The molecule has 1 atom stereocenters. The number of Topliss-reactive ketones (excluding diaryl/α,β-unsaturated/α-hetero) is 1. The van der Waals surface area contributed by atoms with Gasteiger partial charge in [0.05, 0.1) is 11.4 Å². The second-order valence-electron chi connectivity index (χ2n) is 6.17. The van der Waals surface area contributed by atoms with Crippen molar-refractivity contribution < 1.29 is 9.18 Å². The molecule has 0 saturated carbocycles. The topological polar surface area (TPSA) is 34.9 Å². The van der Waals surface area contributed by atoms with Gasteiger partial charge in [0.2, 0.25) is 0 Å². The molecule has 1 aromatic heterocycles. The summed E-state index contributed by atoms with van der Waals surface area (Å²) in [4.78, 5) is 12.4. The maximum absolute atomic E-state index is 13.1. The van der Waals surface area contributed by atoms with Crippen molar-refractivity contribution in [3.63, 3.8) is 0 Å². The number of rotatable bonds is 7. The molecule has 0 radical (unpaired) electrons. The van der Waals surface area contributed by atoms with E-state index in [-0.39, 0.29) is 11.6 Å². The molecule has 0 bridgehead atoms. The Bertz CT molecular complexity index is 978. The molecule has 27 heavy (non-hydrogen) atoms. The molecular formula is C20H19FN2OS3. The number of hydrogen-bond acceptors (Lipinski definition) is 5. The van der Waals surface area contributed by atoms with Crippen molar-refractivity contribution in [2.45, 2.75) is 30.5 Å². The fraction of sp³-hybridized carbons (Fsp3) is 0.250. The van der Waals surface area contributed by atoms with Gasteiger partial charge in [0, 0.05) is 5.56 Å². The number of nitrogens with zero attached hydrogens (tertiary/aromatic N) is 2. The number of carbonyl (C=O) groups is 1. The zero-order chi connectivity index (χ0) is 19.4. The predicted octanol–water partition coefficient (Wildman–Crippen LogP) is 6.29. The molecule has 0 amide bonds. The Morgan fingerprint density at radius 3 is 2.52 bits per heavy atom. The first-order chi connectivity index (χ1) is 13.0. The van der Waals surface area contributed by atoms with Crippen molar-refractivity contribution >= 4 is 41.1 Å². The zero-order valence-electron chi connectivity index (χ0n) is 15.0. The lowest BCUT2D eigenvalue weighted by Crippen LogP contribution is -2.03. The Morgan fingerprint density at radius 1 is 1.22 bits per heavy atom. The van der Waals surface area contributed by atoms with Gasteiger partial charge in [-0.1, -0.05) is 61.2 Å². The largest absolute Gasteiger partial charge is 0.293 e. The van der Waals surface area contributed by atoms with E-state index in [1.807, 2.05) is 24.3 Å². The van der Waals surface area contributed by atoms with E-state index in [0.717, 1.165) is 6.42 Å². The van der Waals surface area contributed by atoms with Crippen molar-refractivity contribution in [3.05, 3.63) is 69.4 Å². The van der Waals surface area contributed by atoms with Crippen LogP contribution in [0.4, 0.5) is 4.39 Å². The van der Waals surface area contributed by atoms with Crippen molar-refractivity contribution in [1.82, 2.24) is 9.78 Å². The highest BCUT2D eigenvalue weighted by atomic mass is 32.2. The molecule has 1 heterocycles. The average Bonchev–Trinajstić information content (AvgIpc) is 3.06. The van der Waals surface area contributed by atoms with Gasteiger partial charge >= 0.3 is 0 Å². The molecule has 0 fully saturated rings. The van der Waals surface area contributed by atoms with Crippen LogP contribution < -0.4 is 0 Å². The minimum absolute atomic E-state index is 0.0603. The SMILES string of the molecule is CC[C@@H](C)c1ccc(C(=O)CSc2nn(-c3ccc(F)cc3)c(=S)s2)cc1. The minimum Gasteiger partial charge on any atom is -0.293 e. The Labute approximate surface area is 171 Å². The third-order valence-electron chi connectivity index (χ3n) is 4.34. The van der Waals surface area contributed by atoms with Crippen molar-refractivity contribution in [3.8, 4) is 5.69 Å². The van der Waals surface area contributed by atoms with Crippen molar-refractivity contribution in [2.24, 2.45) is 0 Å². The van der Waals surface area contributed by atoms with Crippen LogP contribution in [0.25, 0.3) is 5.69 Å². The molecule has 0 N–H and O–H groups in total. The summed E-state index contributed by atoms with van der Waals surface area (Å²) in [5.74, 6) is 0.547. The fourth-order valence-corrected chi connectivity index (χ4v) is 4.76. The van der Waals surface area contributed by atoms with Gasteiger partial charge in [0.1, 0.15) is 5.82 Å². The predicted molar refractivity (Wildman–Crippen MR) is 112 cm³/mol. The smallest absolute Gasteiger partial charge is 0.184 e. The molecule has 0 aliphatic heterocycles. The summed E-state index contributed by atoms with van der Waals surface area (Å²) >= 11 is 8.05. The highest BCUT2D eigenvalue weighted by molar-refractivity contribution is 8.01. The van der Waals surface area contributed by atoms with E-state index in [4.69, 9.17) is 12.2 Å². The fourth-order valence-electron chi connectivity index (χ4n) is 2.51. The van der Waals surface area contributed by atoms with Crippen LogP contribution in [0, 0.1) is 9.77 Å². The van der Waals surface area contributed by atoms with Crippen LogP contribution in [0.1, 0.15) is 42.1 Å². The highest BCUT2D eigenvalue weighted by Crippen LogP contribution is 2.25. The normalized spacial score (nSPS) is 12.1. The van der Waals surface area contributed by atoms with Crippen LogP contribution in [0.3, 0.4) is 0 Å². The van der Waals surface area contributed by atoms with Crippen molar-refractivity contribution in [2.75, 3.05) is 5.75 Å². The summed E-state index contributed by atoms with van der Waals surface area (Å²) in [6, 6.07) is 13.8. The molecule has 3 nitrogen and oxygen atoms in total. The molecule has 0 spiro atoms. The quantitative estimate of drug-likeness (QED) is 0.256. The van der Waals surface area contributed by atoms with Gasteiger partial charge in [-0.15, -0.1) is 5.10 Å². The number of hydrogen-bond donors (Lipinski definition) is 0. The molecular weight excluding hydrogens is 399 g/mol. The molecule has 0 unspecified atom stereocenters. The summed E-state index contributed by atoms with van der Waals surface area (Å²) in [6.07, 6.45) is 1.07. The lowest BCUT2D eigenvalue weighted by Gasteiger charge is -2.09. The van der Waals surface area contributed by atoms with Crippen LogP contribution in [0.5, 0.6) is 0 Å². The average molecular weight is 419 g/mol. The van der Waals surface area contributed by atoms with Gasteiger partial charge < -0.3 is 0 Å². The summed E-state index contributed by atoms with van der Waals surface area (Å²) in [7, 11) is 0. The van der Waals surface area contributed by atoms with Gasteiger partial charge in [0.25, 0.3) is 0 Å². The first-order valence-electron chi connectivity index (χ1n) is 8.60. The first kappa shape index (κ1) is 19.9. The van der Waals surface area contributed by atoms with E-state index in [1.54, 1.807) is 16.8 Å². The number of benzene rings is 2. The molecule has 3 aromatic rings. The third kappa shape index (κ3) is 4.91. The monoisotopic (exact) mass is 418 g/mol. The number of ketones is 1. The second-order valence-corrected chi connectivity index (χ2v) is 9.01. The summed E-state index contributed by atoms with van der Waals surface area (Å²) in [6.45, 7) is 4.33. The number of halogens is 1. The third-order valence-corrected chi connectivity index (χ3v) is 6.71. The van der Waals surface area contributed by atoms with Gasteiger partial charge in [-0.3, -0.25) is 4.79 Å². The molecule has 0 saturated heterocycles. The van der Waals surface area contributed by atoms with Crippen LogP contribution in [0.2, 0.25) is 0 Å². The van der Waals surface area contributed by atoms with Gasteiger partial charge in [-0.25, -0.2) is 9.07 Å². The Hall–Kier alpha value is -1.83.